The molecule has 1 aromatic heterocycles. The number of pyridine rings is 1. The van der Waals surface area contributed by atoms with Gasteiger partial charge in [-0.05, 0) is 52.9 Å². The van der Waals surface area contributed by atoms with E-state index in [0.717, 1.165) is 16.5 Å². The van der Waals surface area contributed by atoms with Gasteiger partial charge in [0.15, 0.2) is 0 Å². The number of carbonyl (C=O) groups excluding carboxylic acids is 1. The number of nitrogens with zero attached hydrogens (tertiary/aromatic N) is 1. The Balaban J connectivity index is 1.59. The van der Waals surface area contributed by atoms with Gasteiger partial charge in [-0.1, -0.05) is 42.5 Å². The summed E-state index contributed by atoms with van der Waals surface area (Å²) >= 11 is 2.02. The molecule has 160 valence electrons. The van der Waals surface area contributed by atoms with Crippen LogP contribution >= 0.6 is 22.9 Å². The van der Waals surface area contributed by atoms with Gasteiger partial charge in [0.25, 0.3) is 11.5 Å². The van der Waals surface area contributed by atoms with Gasteiger partial charge in [-0.2, -0.15) is 0 Å². The van der Waals surface area contributed by atoms with Gasteiger partial charge in [-0.15, -0.1) is 0 Å². The molecule has 7 heteroatoms. The van der Waals surface area contributed by atoms with Crippen molar-refractivity contribution < 1.29 is 14.7 Å². The fourth-order valence-corrected chi connectivity index (χ4v) is 4.13. The Hall–Kier alpha value is -3.46. The van der Waals surface area contributed by atoms with Crippen LogP contribution < -0.4 is 5.56 Å². The van der Waals surface area contributed by atoms with E-state index in [9.17, 15) is 14.4 Å². The van der Waals surface area contributed by atoms with E-state index < -0.39 is 5.97 Å². The van der Waals surface area contributed by atoms with Crippen LogP contribution in [0.3, 0.4) is 0 Å². The number of carbonyl (C=O) groups is 2. The first kappa shape index (κ1) is 21.8. The second-order valence-corrected chi connectivity index (χ2v) is 8.58. The summed E-state index contributed by atoms with van der Waals surface area (Å²) in [5.74, 6) is -1.11. The SMILES string of the molecule is O=C(O)c1ccc(Cc2cc3cc(C(=O)N(I)Cc4ccccc4)ccc3[nH]c2=O)cc1. The van der Waals surface area contributed by atoms with Crippen LogP contribution in [0, 0.1) is 0 Å². The van der Waals surface area contributed by atoms with Crippen molar-refractivity contribution in [3.8, 4) is 0 Å². The Bertz CT molecular complexity index is 1350. The average Bonchev–Trinajstić information content (AvgIpc) is 2.80. The minimum Gasteiger partial charge on any atom is -0.478 e. The fourth-order valence-electron chi connectivity index (χ4n) is 3.46. The Kier molecular flexibility index (Phi) is 6.36. The Labute approximate surface area is 198 Å². The third-order valence-corrected chi connectivity index (χ3v) is 5.93. The molecule has 0 bridgehead atoms. The van der Waals surface area contributed by atoms with E-state index in [4.69, 9.17) is 5.11 Å². The molecular formula is C25H19IN2O4. The number of carboxylic acids is 1. The monoisotopic (exact) mass is 538 g/mol. The molecule has 0 atom stereocenters. The topological polar surface area (TPSA) is 90.5 Å². The molecule has 32 heavy (non-hydrogen) atoms. The zero-order valence-corrected chi connectivity index (χ0v) is 19.1. The number of halogens is 1. The first-order chi connectivity index (χ1) is 15.4. The molecule has 0 aliphatic rings. The second-order valence-electron chi connectivity index (χ2n) is 7.42. The number of fused-ring (bicyclic) bond motifs is 1. The van der Waals surface area contributed by atoms with Gasteiger partial charge in [-0.25, -0.2) is 4.79 Å². The summed E-state index contributed by atoms with van der Waals surface area (Å²) in [6, 6.07) is 23.2. The summed E-state index contributed by atoms with van der Waals surface area (Å²) in [4.78, 5) is 39.3. The quantitative estimate of drug-likeness (QED) is 0.273. The second kappa shape index (κ2) is 9.35. The van der Waals surface area contributed by atoms with E-state index in [2.05, 4.69) is 4.98 Å². The van der Waals surface area contributed by atoms with E-state index in [1.807, 2.05) is 53.2 Å². The molecule has 0 aliphatic carbocycles. The molecule has 6 nitrogen and oxygen atoms in total. The molecule has 0 fully saturated rings. The number of aromatic carboxylic acids is 1. The van der Waals surface area contributed by atoms with Crippen molar-refractivity contribution in [2.24, 2.45) is 0 Å². The first-order valence-electron chi connectivity index (χ1n) is 9.90. The summed E-state index contributed by atoms with van der Waals surface area (Å²) in [5, 5.41) is 9.80. The van der Waals surface area contributed by atoms with Crippen molar-refractivity contribution in [3.05, 3.63) is 117 Å². The van der Waals surface area contributed by atoms with Crippen molar-refractivity contribution in [1.29, 1.82) is 0 Å². The number of hydrogen-bond acceptors (Lipinski definition) is 3. The van der Waals surface area contributed by atoms with Crippen molar-refractivity contribution in [2.75, 3.05) is 0 Å². The maximum atomic E-state index is 12.9. The smallest absolute Gasteiger partial charge is 0.335 e. The van der Waals surface area contributed by atoms with E-state index in [1.54, 1.807) is 39.5 Å². The highest BCUT2D eigenvalue weighted by Crippen LogP contribution is 2.20. The lowest BCUT2D eigenvalue weighted by Gasteiger charge is -2.15. The van der Waals surface area contributed by atoms with Crippen LogP contribution in [0.5, 0.6) is 0 Å². The third kappa shape index (κ3) is 4.88. The number of carboxylic acid groups (broad SMARTS) is 1. The maximum absolute atomic E-state index is 12.9. The van der Waals surface area contributed by atoms with Gasteiger partial charge in [-0.3, -0.25) is 12.7 Å². The standard InChI is InChI=1S/C25H19IN2O4/c26-28(15-17-4-2-1-3-5-17)24(30)19-10-11-22-20(13-19)14-21(23(29)27-22)12-16-6-8-18(9-7-16)25(31)32/h1-11,13-14H,12,15H2,(H,27,29)(H,31,32). The number of benzene rings is 3. The van der Waals surface area contributed by atoms with E-state index in [-0.39, 0.29) is 17.0 Å². The first-order valence-corrected chi connectivity index (χ1v) is 10.9. The highest BCUT2D eigenvalue weighted by atomic mass is 127. The molecule has 4 aromatic rings. The van der Waals surface area contributed by atoms with Crippen LogP contribution in [-0.4, -0.2) is 25.1 Å². The number of nitrogens with one attached hydrogen (secondary N) is 1. The minimum absolute atomic E-state index is 0.117. The molecular weight excluding hydrogens is 519 g/mol. The third-order valence-electron chi connectivity index (χ3n) is 5.15. The lowest BCUT2D eigenvalue weighted by atomic mass is 10.0. The predicted octanol–water partition coefficient (Wildman–Crippen LogP) is 4.81. The molecule has 3 aromatic carbocycles. The van der Waals surface area contributed by atoms with E-state index >= 15 is 0 Å². The molecule has 1 heterocycles. The molecule has 0 saturated carbocycles. The van der Waals surface area contributed by atoms with Crippen LogP contribution in [0.25, 0.3) is 10.9 Å². The number of aromatic amines is 1. The molecule has 2 N–H and O–H groups in total. The Morgan fingerprint density at radius 3 is 2.25 bits per heavy atom. The highest BCUT2D eigenvalue weighted by Gasteiger charge is 2.15. The van der Waals surface area contributed by atoms with Crippen LogP contribution in [0.1, 0.15) is 37.4 Å². The summed E-state index contributed by atoms with van der Waals surface area (Å²) < 4.78 is 1.63. The zero-order chi connectivity index (χ0) is 22.7. The zero-order valence-electron chi connectivity index (χ0n) is 16.9. The molecule has 0 radical (unpaired) electrons. The molecule has 1 amide bonds. The summed E-state index contributed by atoms with van der Waals surface area (Å²) in [7, 11) is 0. The van der Waals surface area contributed by atoms with Crippen LogP contribution in [-0.2, 0) is 13.0 Å². The summed E-state index contributed by atoms with van der Waals surface area (Å²) in [6.07, 6.45) is 0.357. The molecule has 0 spiro atoms. The lowest BCUT2D eigenvalue weighted by molar-refractivity contribution is 0.0696. The minimum atomic E-state index is -0.992. The van der Waals surface area contributed by atoms with Gasteiger partial charge in [0.1, 0.15) is 0 Å². The number of amides is 1. The van der Waals surface area contributed by atoms with Crippen molar-refractivity contribution in [3.63, 3.8) is 0 Å². The van der Waals surface area contributed by atoms with Gasteiger partial charge in [0, 0.05) is 23.1 Å². The van der Waals surface area contributed by atoms with Gasteiger partial charge in [0.2, 0.25) is 0 Å². The maximum Gasteiger partial charge on any atom is 0.335 e. The highest BCUT2D eigenvalue weighted by molar-refractivity contribution is 14.1. The van der Waals surface area contributed by atoms with Crippen LogP contribution in [0.2, 0.25) is 0 Å². The predicted molar refractivity (Wildman–Crippen MR) is 131 cm³/mol. The molecule has 0 unspecified atom stereocenters. The molecule has 0 saturated heterocycles. The van der Waals surface area contributed by atoms with Crippen molar-refractivity contribution >= 4 is 45.6 Å². The normalized spacial score (nSPS) is 10.8. The average molecular weight is 538 g/mol. The Morgan fingerprint density at radius 1 is 0.875 bits per heavy atom. The van der Waals surface area contributed by atoms with E-state index in [1.165, 1.54) is 12.1 Å². The number of hydrogen-bond donors (Lipinski definition) is 2. The Morgan fingerprint density at radius 2 is 1.56 bits per heavy atom. The lowest BCUT2D eigenvalue weighted by Crippen LogP contribution is -2.20. The molecule has 4 rings (SSSR count). The van der Waals surface area contributed by atoms with Crippen LogP contribution in [0.4, 0.5) is 0 Å². The van der Waals surface area contributed by atoms with Gasteiger partial charge in [0.05, 0.1) is 35.0 Å². The van der Waals surface area contributed by atoms with E-state index in [0.29, 0.717) is 29.6 Å². The number of aromatic nitrogens is 1. The van der Waals surface area contributed by atoms with Crippen molar-refractivity contribution in [2.45, 2.75) is 13.0 Å². The largest absolute Gasteiger partial charge is 0.478 e. The van der Waals surface area contributed by atoms with Gasteiger partial charge < -0.3 is 10.1 Å². The fraction of sp³-hybridized carbons (Fsp3) is 0.0800. The van der Waals surface area contributed by atoms with Crippen LogP contribution in [0.15, 0.2) is 83.7 Å². The van der Waals surface area contributed by atoms with Gasteiger partial charge >= 0.3 is 5.97 Å². The summed E-state index contributed by atoms with van der Waals surface area (Å²) in [6.45, 7) is 0.488. The van der Waals surface area contributed by atoms with Crippen molar-refractivity contribution in [1.82, 2.24) is 8.10 Å². The molecule has 0 aliphatic heterocycles. The number of H-pyrrole nitrogens is 1. The summed E-state index contributed by atoms with van der Waals surface area (Å²) in [5.41, 5.74) is 3.58. The number of rotatable bonds is 6.